The first-order valence-corrected chi connectivity index (χ1v) is 5.95. The average molecular weight is 216 g/mol. The highest BCUT2D eigenvalue weighted by molar-refractivity contribution is 5.91. The molecule has 0 amide bonds. The third kappa shape index (κ3) is 0.984. The van der Waals surface area contributed by atoms with Gasteiger partial charge in [-0.15, -0.1) is 0 Å². The van der Waals surface area contributed by atoms with Gasteiger partial charge in [0.05, 0.1) is 5.69 Å². The van der Waals surface area contributed by atoms with E-state index in [-0.39, 0.29) is 5.82 Å². The summed E-state index contributed by atoms with van der Waals surface area (Å²) in [7, 11) is 0. The minimum absolute atomic E-state index is 0.108. The molecule has 3 aliphatic rings. The molecule has 1 saturated heterocycles. The van der Waals surface area contributed by atoms with E-state index in [1.807, 2.05) is 6.07 Å². The van der Waals surface area contributed by atoms with E-state index in [1.54, 1.807) is 6.07 Å². The lowest BCUT2D eigenvalue weighted by molar-refractivity contribution is 0.312. The summed E-state index contributed by atoms with van der Waals surface area (Å²) >= 11 is 0. The van der Waals surface area contributed by atoms with Crippen LogP contribution in [0.1, 0.15) is 24.8 Å². The summed E-state index contributed by atoms with van der Waals surface area (Å²) < 4.78 is 13.7. The number of aliphatic imine (C=N–C) groups is 1. The van der Waals surface area contributed by atoms with Gasteiger partial charge in [0.15, 0.2) is 0 Å². The maximum atomic E-state index is 13.7. The Morgan fingerprint density at radius 2 is 2.25 bits per heavy atom. The Hall–Kier alpha value is -1.38. The van der Waals surface area contributed by atoms with Crippen LogP contribution in [0.25, 0.3) is 0 Å². The summed E-state index contributed by atoms with van der Waals surface area (Å²) in [6.45, 7) is 0.724. The maximum Gasteiger partial charge on any atom is 0.130 e. The van der Waals surface area contributed by atoms with Gasteiger partial charge in [-0.1, -0.05) is 6.07 Å². The molecule has 0 spiro atoms. The van der Waals surface area contributed by atoms with E-state index >= 15 is 0 Å². The molecule has 0 radical (unpaired) electrons. The molecule has 1 aromatic carbocycles. The Morgan fingerprint density at radius 3 is 3.19 bits per heavy atom. The number of hydrogen-bond donors (Lipinski definition) is 0. The second-order valence-electron chi connectivity index (χ2n) is 5.00. The maximum absolute atomic E-state index is 13.7. The molecule has 3 heteroatoms. The lowest BCUT2D eigenvalue weighted by atomic mass is 10.0. The van der Waals surface area contributed by atoms with E-state index in [1.165, 1.54) is 31.2 Å². The Balaban J connectivity index is 1.87. The second kappa shape index (κ2) is 2.84. The van der Waals surface area contributed by atoms with E-state index in [0.717, 1.165) is 17.8 Å². The van der Waals surface area contributed by atoms with Crippen LogP contribution < -0.4 is 0 Å². The van der Waals surface area contributed by atoms with Crippen molar-refractivity contribution in [2.45, 2.75) is 31.8 Å². The fourth-order valence-electron chi connectivity index (χ4n) is 3.36. The van der Waals surface area contributed by atoms with E-state index in [2.05, 4.69) is 9.89 Å². The molecule has 4 rings (SSSR count). The van der Waals surface area contributed by atoms with Crippen LogP contribution in [0.5, 0.6) is 0 Å². The molecular formula is C13H13FN2. The van der Waals surface area contributed by atoms with Gasteiger partial charge in [0.2, 0.25) is 0 Å². The standard InChI is InChI=1S/C13H13FN2/c14-11-2-1-3-12-10(11)7-16-9-5-4-8(6-9)13(16)15-12/h1-3,8-9H,4-7H2. The largest absolute Gasteiger partial charge is 0.352 e. The van der Waals surface area contributed by atoms with Gasteiger partial charge in [-0.2, -0.15) is 0 Å². The van der Waals surface area contributed by atoms with Crippen molar-refractivity contribution >= 4 is 11.5 Å². The molecule has 1 aliphatic carbocycles. The summed E-state index contributed by atoms with van der Waals surface area (Å²) in [5, 5.41) is 0. The van der Waals surface area contributed by atoms with Crippen LogP contribution >= 0.6 is 0 Å². The van der Waals surface area contributed by atoms with Crippen LogP contribution in [0.15, 0.2) is 23.2 Å². The number of benzene rings is 1. The second-order valence-corrected chi connectivity index (χ2v) is 5.00. The number of nitrogens with zero attached hydrogens (tertiary/aromatic N) is 2. The molecule has 2 bridgehead atoms. The molecule has 82 valence electrons. The zero-order chi connectivity index (χ0) is 10.7. The van der Waals surface area contributed by atoms with Gasteiger partial charge in [-0.05, 0) is 31.4 Å². The SMILES string of the molecule is Fc1cccc2c1CN1C(=N2)C2CCC1C2. The molecule has 0 N–H and O–H groups in total. The van der Waals surface area contributed by atoms with Gasteiger partial charge in [0, 0.05) is 24.1 Å². The van der Waals surface area contributed by atoms with Crippen molar-refractivity contribution in [3.8, 4) is 0 Å². The molecular weight excluding hydrogens is 203 g/mol. The van der Waals surface area contributed by atoms with Crippen LogP contribution in [-0.4, -0.2) is 16.8 Å². The summed E-state index contributed by atoms with van der Waals surface area (Å²) in [4.78, 5) is 6.97. The smallest absolute Gasteiger partial charge is 0.130 e. The molecule has 2 nitrogen and oxygen atoms in total. The Morgan fingerprint density at radius 1 is 1.31 bits per heavy atom. The van der Waals surface area contributed by atoms with Crippen molar-refractivity contribution in [1.82, 2.24) is 4.90 Å². The molecule has 1 aromatic rings. The van der Waals surface area contributed by atoms with Gasteiger partial charge >= 0.3 is 0 Å². The molecule has 16 heavy (non-hydrogen) atoms. The number of fused-ring (bicyclic) bond motifs is 6. The van der Waals surface area contributed by atoms with E-state index in [0.29, 0.717) is 12.0 Å². The van der Waals surface area contributed by atoms with Gasteiger partial charge in [0.1, 0.15) is 11.7 Å². The molecule has 1 saturated carbocycles. The van der Waals surface area contributed by atoms with Crippen molar-refractivity contribution in [2.24, 2.45) is 10.9 Å². The fourth-order valence-corrected chi connectivity index (χ4v) is 3.36. The van der Waals surface area contributed by atoms with Crippen LogP contribution in [0.2, 0.25) is 0 Å². The quantitative estimate of drug-likeness (QED) is 0.651. The predicted octanol–water partition coefficient (Wildman–Crippen LogP) is 2.85. The lowest BCUT2D eigenvalue weighted by Crippen LogP contribution is -2.38. The summed E-state index contributed by atoms with van der Waals surface area (Å²) in [6.07, 6.45) is 3.76. The number of piperidine rings is 1. The summed E-state index contributed by atoms with van der Waals surface area (Å²) in [5.41, 5.74) is 1.62. The average Bonchev–Trinajstić information content (AvgIpc) is 2.88. The highest BCUT2D eigenvalue weighted by atomic mass is 19.1. The van der Waals surface area contributed by atoms with Crippen LogP contribution in [0.4, 0.5) is 10.1 Å². The molecule has 2 atom stereocenters. The number of amidine groups is 1. The zero-order valence-electron chi connectivity index (χ0n) is 8.99. The van der Waals surface area contributed by atoms with Crippen molar-refractivity contribution in [3.63, 3.8) is 0 Å². The first-order chi connectivity index (χ1) is 7.83. The van der Waals surface area contributed by atoms with E-state index in [4.69, 9.17) is 0 Å². The zero-order valence-corrected chi connectivity index (χ0v) is 8.99. The minimum atomic E-state index is -0.108. The van der Waals surface area contributed by atoms with Crippen molar-refractivity contribution in [1.29, 1.82) is 0 Å². The van der Waals surface area contributed by atoms with Crippen LogP contribution in [-0.2, 0) is 6.54 Å². The first kappa shape index (κ1) is 8.74. The van der Waals surface area contributed by atoms with E-state index < -0.39 is 0 Å². The number of hydrogen-bond acceptors (Lipinski definition) is 2. The van der Waals surface area contributed by atoms with Crippen LogP contribution in [0.3, 0.4) is 0 Å². The molecule has 2 aliphatic heterocycles. The Kier molecular flexibility index (Phi) is 1.55. The number of halogens is 1. The number of rotatable bonds is 0. The van der Waals surface area contributed by atoms with Crippen LogP contribution in [0, 0.1) is 11.7 Å². The van der Waals surface area contributed by atoms with Crippen molar-refractivity contribution < 1.29 is 4.39 Å². The van der Waals surface area contributed by atoms with Crippen molar-refractivity contribution in [2.75, 3.05) is 0 Å². The highest BCUT2D eigenvalue weighted by Crippen LogP contribution is 2.44. The van der Waals surface area contributed by atoms with Gasteiger partial charge in [-0.3, -0.25) is 0 Å². The Labute approximate surface area is 93.8 Å². The third-order valence-corrected chi connectivity index (χ3v) is 4.16. The third-order valence-electron chi connectivity index (χ3n) is 4.16. The highest BCUT2D eigenvalue weighted by Gasteiger charge is 2.44. The molecule has 2 heterocycles. The fraction of sp³-hybridized carbons (Fsp3) is 0.462. The van der Waals surface area contributed by atoms with Gasteiger partial charge in [0.25, 0.3) is 0 Å². The first-order valence-electron chi connectivity index (χ1n) is 5.95. The summed E-state index contributed by atoms with van der Waals surface area (Å²) in [5.74, 6) is 1.75. The Bertz CT molecular complexity index is 495. The molecule has 2 fully saturated rings. The van der Waals surface area contributed by atoms with Crippen molar-refractivity contribution in [3.05, 3.63) is 29.6 Å². The predicted molar refractivity (Wildman–Crippen MR) is 60.2 cm³/mol. The molecule has 2 unspecified atom stereocenters. The monoisotopic (exact) mass is 216 g/mol. The van der Waals surface area contributed by atoms with Gasteiger partial charge in [-0.25, -0.2) is 9.38 Å². The topological polar surface area (TPSA) is 15.6 Å². The van der Waals surface area contributed by atoms with E-state index in [9.17, 15) is 4.39 Å². The minimum Gasteiger partial charge on any atom is -0.352 e. The normalized spacial score (nSPS) is 30.1. The molecule has 0 aromatic heterocycles. The lowest BCUT2D eigenvalue weighted by Gasteiger charge is -2.33. The summed E-state index contributed by atoms with van der Waals surface area (Å²) in [6, 6.07) is 5.83. The van der Waals surface area contributed by atoms with Gasteiger partial charge < -0.3 is 4.90 Å².